The largest absolute Gasteiger partial charge is 0.373 e. The highest BCUT2D eigenvalue weighted by Gasteiger charge is 2.37. The molecule has 0 amide bonds. The molecule has 0 aromatic heterocycles. The highest BCUT2D eigenvalue weighted by atomic mass is 16.5. The van der Waals surface area contributed by atoms with Crippen LogP contribution in [0.4, 0.5) is 0 Å². The van der Waals surface area contributed by atoms with E-state index in [0.717, 1.165) is 18.4 Å². The summed E-state index contributed by atoms with van der Waals surface area (Å²) in [6.07, 6.45) is 4.84. The van der Waals surface area contributed by atoms with E-state index in [-0.39, 0.29) is 17.4 Å². The second-order valence-electron chi connectivity index (χ2n) is 7.19. The van der Waals surface area contributed by atoms with Crippen LogP contribution in [0.15, 0.2) is 42.0 Å². The summed E-state index contributed by atoms with van der Waals surface area (Å²) in [5, 5.41) is 0. The van der Waals surface area contributed by atoms with Crippen molar-refractivity contribution in [2.45, 2.75) is 59.7 Å². The van der Waals surface area contributed by atoms with Crippen LogP contribution in [-0.4, -0.2) is 11.9 Å². The number of carbonyl (C=O) groups excluding carboxylic acids is 1. The normalized spacial score (nSPS) is 22.0. The van der Waals surface area contributed by atoms with Gasteiger partial charge in [0.05, 0.1) is 12.7 Å². The summed E-state index contributed by atoms with van der Waals surface area (Å²) in [4.78, 5) is 12.7. The van der Waals surface area contributed by atoms with Crippen molar-refractivity contribution < 1.29 is 9.53 Å². The van der Waals surface area contributed by atoms with Crippen molar-refractivity contribution in [3.05, 3.63) is 47.5 Å². The van der Waals surface area contributed by atoms with E-state index >= 15 is 0 Å². The number of allylic oxidation sites excluding steroid dienone is 2. The van der Waals surface area contributed by atoms with Crippen LogP contribution in [0.25, 0.3) is 0 Å². The smallest absolute Gasteiger partial charge is 0.143 e. The van der Waals surface area contributed by atoms with Gasteiger partial charge in [-0.25, -0.2) is 0 Å². The molecule has 0 radical (unpaired) electrons. The lowest BCUT2D eigenvalue weighted by Gasteiger charge is -2.37. The first-order chi connectivity index (χ1) is 10.4. The molecule has 2 atom stereocenters. The van der Waals surface area contributed by atoms with Crippen molar-refractivity contribution in [2.75, 3.05) is 0 Å². The molecule has 0 fully saturated rings. The third-order valence-electron chi connectivity index (χ3n) is 4.68. The molecule has 0 spiro atoms. The summed E-state index contributed by atoms with van der Waals surface area (Å²) in [5.41, 5.74) is 2.45. The molecule has 2 heteroatoms. The van der Waals surface area contributed by atoms with Crippen LogP contribution in [0.5, 0.6) is 0 Å². The molecule has 1 aromatic rings. The predicted octanol–water partition coefficient (Wildman–Crippen LogP) is 4.93. The molecule has 1 aliphatic rings. The van der Waals surface area contributed by atoms with Crippen molar-refractivity contribution in [1.82, 2.24) is 0 Å². The Morgan fingerprint density at radius 1 is 1.32 bits per heavy atom. The molecule has 0 bridgehead atoms. The second kappa shape index (κ2) is 7.23. The molecule has 22 heavy (non-hydrogen) atoms. The number of carbonyl (C=O) groups is 1. The van der Waals surface area contributed by atoms with Crippen molar-refractivity contribution in [1.29, 1.82) is 0 Å². The zero-order chi connectivity index (χ0) is 16.2. The minimum Gasteiger partial charge on any atom is -0.373 e. The van der Waals surface area contributed by atoms with Crippen LogP contribution in [0.3, 0.4) is 0 Å². The van der Waals surface area contributed by atoms with Gasteiger partial charge in [-0.1, -0.05) is 55.8 Å². The first kappa shape index (κ1) is 17.0. The summed E-state index contributed by atoms with van der Waals surface area (Å²) in [6.45, 7) is 9.08. The van der Waals surface area contributed by atoms with Gasteiger partial charge in [0.2, 0.25) is 0 Å². The average Bonchev–Trinajstić information content (AvgIpc) is 2.45. The van der Waals surface area contributed by atoms with Gasteiger partial charge in [0.1, 0.15) is 5.78 Å². The zero-order valence-corrected chi connectivity index (χ0v) is 14.3. The molecule has 1 aliphatic carbocycles. The van der Waals surface area contributed by atoms with E-state index in [0.29, 0.717) is 18.8 Å². The van der Waals surface area contributed by atoms with Crippen molar-refractivity contribution in [3.63, 3.8) is 0 Å². The molecular weight excluding hydrogens is 272 g/mol. The van der Waals surface area contributed by atoms with E-state index in [1.807, 2.05) is 37.3 Å². The van der Waals surface area contributed by atoms with Crippen LogP contribution in [0.2, 0.25) is 0 Å². The molecule has 2 unspecified atom stereocenters. The Balaban J connectivity index is 1.90. The predicted molar refractivity (Wildman–Crippen MR) is 90.6 cm³/mol. The minimum atomic E-state index is -0.0433. The standard InChI is InChI=1S/C20H28O2/c1-15-9-8-12-20(3,4)19(15)18(21)13-16(2)22-14-17-10-6-5-7-11-17/h5-7,9-11,16,19H,8,12-14H2,1-4H3. The third-order valence-corrected chi connectivity index (χ3v) is 4.68. The second-order valence-corrected chi connectivity index (χ2v) is 7.19. The molecule has 0 aliphatic heterocycles. The summed E-state index contributed by atoms with van der Waals surface area (Å²) >= 11 is 0. The van der Waals surface area contributed by atoms with Crippen LogP contribution in [-0.2, 0) is 16.1 Å². The number of hydrogen-bond acceptors (Lipinski definition) is 2. The van der Waals surface area contributed by atoms with Gasteiger partial charge in [-0.15, -0.1) is 0 Å². The molecule has 2 nitrogen and oxygen atoms in total. The van der Waals surface area contributed by atoms with Crippen molar-refractivity contribution >= 4 is 5.78 Å². The van der Waals surface area contributed by atoms with Crippen LogP contribution < -0.4 is 0 Å². The monoisotopic (exact) mass is 300 g/mol. The summed E-state index contributed by atoms with van der Waals surface area (Å²) in [7, 11) is 0. The fraction of sp³-hybridized carbons (Fsp3) is 0.550. The summed E-state index contributed by atoms with van der Waals surface area (Å²) in [6, 6.07) is 10.1. The molecule has 1 aromatic carbocycles. The zero-order valence-electron chi connectivity index (χ0n) is 14.3. The first-order valence-electron chi connectivity index (χ1n) is 8.25. The van der Waals surface area contributed by atoms with Crippen molar-refractivity contribution in [2.24, 2.45) is 11.3 Å². The summed E-state index contributed by atoms with van der Waals surface area (Å²) < 4.78 is 5.85. The van der Waals surface area contributed by atoms with E-state index in [4.69, 9.17) is 4.74 Å². The SMILES string of the molecule is CC1=CCCC(C)(C)C1C(=O)CC(C)OCc1ccccc1. The van der Waals surface area contributed by atoms with Crippen LogP contribution in [0.1, 0.15) is 52.5 Å². The Bertz CT molecular complexity index is 528. The Morgan fingerprint density at radius 3 is 2.64 bits per heavy atom. The first-order valence-corrected chi connectivity index (χ1v) is 8.25. The van der Waals surface area contributed by atoms with Gasteiger partial charge in [0, 0.05) is 12.3 Å². The number of Topliss-reactive ketones (excluding diaryl/α,β-unsaturated/α-hetero) is 1. The van der Waals surface area contributed by atoms with Gasteiger partial charge >= 0.3 is 0 Å². The molecule has 0 N–H and O–H groups in total. The lowest BCUT2D eigenvalue weighted by atomic mass is 9.66. The topological polar surface area (TPSA) is 26.3 Å². The van der Waals surface area contributed by atoms with E-state index in [1.54, 1.807) is 0 Å². The highest BCUT2D eigenvalue weighted by molar-refractivity contribution is 5.85. The van der Waals surface area contributed by atoms with E-state index in [2.05, 4.69) is 26.8 Å². The lowest BCUT2D eigenvalue weighted by Crippen LogP contribution is -2.35. The van der Waals surface area contributed by atoms with Gasteiger partial charge in [-0.2, -0.15) is 0 Å². The number of ether oxygens (including phenoxy) is 1. The number of benzene rings is 1. The maximum atomic E-state index is 12.7. The third kappa shape index (κ3) is 4.30. The quantitative estimate of drug-likeness (QED) is 0.696. The van der Waals surface area contributed by atoms with Gasteiger partial charge in [0.15, 0.2) is 0 Å². The molecule has 2 rings (SSSR count). The van der Waals surface area contributed by atoms with Gasteiger partial charge in [-0.05, 0) is 37.7 Å². The lowest BCUT2D eigenvalue weighted by molar-refractivity contribution is -0.128. The Hall–Kier alpha value is -1.41. The fourth-order valence-corrected chi connectivity index (χ4v) is 3.51. The van der Waals surface area contributed by atoms with Crippen LogP contribution in [0, 0.1) is 11.3 Å². The van der Waals surface area contributed by atoms with Gasteiger partial charge < -0.3 is 4.74 Å². The fourth-order valence-electron chi connectivity index (χ4n) is 3.51. The average molecular weight is 300 g/mol. The molecule has 0 heterocycles. The van der Waals surface area contributed by atoms with Gasteiger partial charge in [-0.3, -0.25) is 4.79 Å². The minimum absolute atomic E-state index is 0.0433. The van der Waals surface area contributed by atoms with E-state index in [9.17, 15) is 4.79 Å². The molecule has 120 valence electrons. The maximum Gasteiger partial charge on any atom is 0.143 e. The molecular formula is C20H28O2. The Labute approximate surface area is 134 Å². The summed E-state index contributed by atoms with van der Waals surface area (Å²) in [5.74, 6) is 0.364. The Kier molecular flexibility index (Phi) is 5.57. The van der Waals surface area contributed by atoms with Crippen LogP contribution >= 0.6 is 0 Å². The van der Waals surface area contributed by atoms with Crippen molar-refractivity contribution in [3.8, 4) is 0 Å². The van der Waals surface area contributed by atoms with E-state index < -0.39 is 0 Å². The molecule has 0 saturated heterocycles. The van der Waals surface area contributed by atoms with Gasteiger partial charge in [0.25, 0.3) is 0 Å². The Morgan fingerprint density at radius 2 is 2.00 bits per heavy atom. The number of hydrogen-bond donors (Lipinski definition) is 0. The number of ketones is 1. The maximum absolute atomic E-state index is 12.7. The number of rotatable bonds is 6. The molecule has 0 saturated carbocycles. The van der Waals surface area contributed by atoms with E-state index in [1.165, 1.54) is 5.57 Å². The highest BCUT2D eigenvalue weighted by Crippen LogP contribution is 2.42.